The Balaban J connectivity index is 2.57. The molecule has 2 N–H and O–H groups in total. The molecule has 0 aromatic heterocycles. The van der Waals surface area contributed by atoms with Gasteiger partial charge in [0, 0.05) is 6.21 Å². The second kappa shape index (κ2) is 6.37. The fourth-order valence-corrected chi connectivity index (χ4v) is 0.985. The molecule has 0 atom stereocenters. The van der Waals surface area contributed by atoms with Crippen LogP contribution in [0.5, 0.6) is 5.75 Å². The molecule has 0 spiro atoms. The standard InChI is InChI=1S/C11H13N3O/c1-15-11-6-4-10(5-7-11)3-2-8-13-14-9-12/h2-9H,1H3,(H2,12,14)/b3-2+,13-8+. The fourth-order valence-electron chi connectivity index (χ4n) is 0.985. The summed E-state index contributed by atoms with van der Waals surface area (Å²) in [5.41, 5.74) is 6.08. The number of hydrogen-bond donors (Lipinski definition) is 1. The van der Waals surface area contributed by atoms with Crippen molar-refractivity contribution in [3.8, 4) is 5.75 Å². The number of hydrogen-bond acceptors (Lipinski definition) is 3. The average molecular weight is 203 g/mol. The number of allylic oxidation sites excluding steroid dienone is 1. The largest absolute Gasteiger partial charge is 0.497 e. The summed E-state index contributed by atoms with van der Waals surface area (Å²) >= 11 is 0. The first-order chi connectivity index (χ1) is 7.36. The topological polar surface area (TPSA) is 60.0 Å². The molecule has 0 unspecified atom stereocenters. The molecule has 0 saturated carbocycles. The van der Waals surface area contributed by atoms with Crippen molar-refractivity contribution >= 4 is 18.6 Å². The second-order valence-electron chi connectivity index (χ2n) is 2.66. The maximum Gasteiger partial charge on any atom is 0.118 e. The van der Waals surface area contributed by atoms with Crippen LogP contribution in [0.4, 0.5) is 0 Å². The van der Waals surface area contributed by atoms with E-state index in [0.29, 0.717) is 0 Å². The van der Waals surface area contributed by atoms with Crippen LogP contribution in [0.2, 0.25) is 0 Å². The molecule has 4 nitrogen and oxygen atoms in total. The highest BCUT2D eigenvalue weighted by atomic mass is 16.5. The van der Waals surface area contributed by atoms with Gasteiger partial charge in [-0.25, -0.2) is 0 Å². The summed E-state index contributed by atoms with van der Waals surface area (Å²) in [5.74, 6) is 0.841. The number of ether oxygens (including phenoxy) is 1. The molecule has 0 heterocycles. The van der Waals surface area contributed by atoms with Crippen molar-refractivity contribution in [2.24, 2.45) is 15.9 Å². The van der Waals surface area contributed by atoms with Crippen molar-refractivity contribution in [1.82, 2.24) is 0 Å². The highest BCUT2D eigenvalue weighted by molar-refractivity contribution is 5.78. The van der Waals surface area contributed by atoms with Gasteiger partial charge in [-0.05, 0) is 23.8 Å². The van der Waals surface area contributed by atoms with Gasteiger partial charge in [-0.1, -0.05) is 18.2 Å². The predicted octanol–water partition coefficient (Wildman–Crippen LogP) is 1.68. The number of nitrogens with zero attached hydrogens (tertiary/aromatic N) is 2. The minimum absolute atomic E-state index is 0.841. The number of nitrogens with two attached hydrogens (primary N) is 1. The number of benzene rings is 1. The summed E-state index contributed by atoms with van der Waals surface area (Å²) in [6, 6.07) is 7.70. The predicted molar refractivity (Wildman–Crippen MR) is 63.2 cm³/mol. The van der Waals surface area contributed by atoms with E-state index in [-0.39, 0.29) is 0 Å². The van der Waals surface area contributed by atoms with Crippen LogP contribution < -0.4 is 10.5 Å². The van der Waals surface area contributed by atoms with Gasteiger partial charge in [0.05, 0.1) is 7.11 Å². The molecule has 0 radical (unpaired) electrons. The quantitative estimate of drug-likeness (QED) is 0.460. The molecule has 0 amide bonds. The van der Waals surface area contributed by atoms with Crippen LogP contribution in [-0.4, -0.2) is 19.7 Å². The first kappa shape index (κ1) is 11.0. The van der Waals surface area contributed by atoms with E-state index >= 15 is 0 Å². The molecule has 1 rings (SSSR count). The average Bonchev–Trinajstić information content (AvgIpc) is 2.30. The van der Waals surface area contributed by atoms with Crippen LogP contribution >= 0.6 is 0 Å². The molecule has 0 fully saturated rings. The lowest BCUT2D eigenvalue weighted by atomic mass is 10.2. The number of rotatable bonds is 4. The fraction of sp³-hybridized carbons (Fsp3) is 0.0909. The Morgan fingerprint density at radius 1 is 1.20 bits per heavy atom. The molecule has 15 heavy (non-hydrogen) atoms. The summed E-state index contributed by atoms with van der Waals surface area (Å²) in [7, 11) is 1.64. The third-order valence-corrected chi connectivity index (χ3v) is 1.69. The molecule has 0 saturated heterocycles. The van der Waals surface area contributed by atoms with Crippen LogP contribution in [0, 0.1) is 0 Å². The van der Waals surface area contributed by atoms with Gasteiger partial charge in [0.2, 0.25) is 0 Å². The molecule has 0 bridgehead atoms. The Labute approximate surface area is 88.8 Å². The Morgan fingerprint density at radius 3 is 2.53 bits per heavy atom. The maximum atomic E-state index is 5.04. The molecular formula is C11H13N3O. The van der Waals surface area contributed by atoms with E-state index in [1.807, 2.05) is 30.3 Å². The van der Waals surface area contributed by atoms with E-state index in [1.54, 1.807) is 19.4 Å². The van der Waals surface area contributed by atoms with E-state index in [9.17, 15) is 0 Å². The third-order valence-electron chi connectivity index (χ3n) is 1.69. The van der Waals surface area contributed by atoms with Gasteiger partial charge >= 0.3 is 0 Å². The minimum Gasteiger partial charge on any atom is -0.497 e. The van der Waals surface area contributed by atoms with E-state index in [0.717, 1.165) is 17.7 Å². The van der Waals surface area contributed by atoms with Crippen LogP contribution in [0.15, 0.2) is 40.5 Å². The van der Waals surface area contributed by atoms with Crippen LogP contribution in [0.25, 0.3) is 6.08 Å². The summed E-state index contributed by atoms with van der Waals surface area (Å²) in [6.45, 7) is 0. The van der Waals surface area contributed by atoms with Crippen molar-refractivity contribution in [1.29, 1.82) is 0 Å². The Kier molecular flexibility index (Phi) is 4.66. The van der Waals surface area contributed by atoms with Gasteiger partial charge in [-0.3, -0.25) is 0 Å². The molecule has 78 valence electrons. The third kappa shape index (κ3) is 4.08. The van der Waals surface area contributed by atoms with Crippen LogP contribution in [-0.2, 0) is 0 Å². The zero-order valence-corrected chi connectivity index (χ0v) is 8.50. The van der Waals surface area contributed by atoms with Gasteiger partial charge in [0.15, 0.2) is 0 Å². The van der Waals surface area contributed by atoms with E-state index in [1.165, 1.54) is 0 Å². The van der Waals surface area contributed by atoms with Gasteiger partial charge in [-0.15, -0.1) is 5.10 Å². The number of methoxy groups -OCH3 is 1. The lowest BCUT2D eigenvalue weighted by molar-refractivity contribution is 0.415. The zero-order valence-electron chi connectivity index (χ0n) is 8.50. The van der Waals surface area contributed by atoms with Crippen molar-refractivity contribution in [3.05, 3.63) is 35.9 Å². The summed E-state index contributed by atoms with van der Waals surface area (Å²) in [5, 5.41) is 7.13. The molecule has 0 aliphatic heterocycles. The van der Waals surface area contributed by atoms with Crippen molar-refractivity contribution < 1.29 is 4.74 Å². The molecule has 1 aromatic carbocycles. The normalized spacial score (nSPS) is 11.8. The molecule has 0 aliphatic rings. The Bertz CT molecular complexity index is 366. The Hall–Kier alpha value is -2.10. The molecule has 0 aliphatic carbocycles. The van der Waals surface area contributed by atoms with E-state index in [2.05, 4.69) is 10.2 Å². The van der Waals surface area contributed by atoms with Crippen molar-refractivity contribution in [2.45, 2.75) is 0 Å². The van der Waals surface area contributed by atoms with E-state index < -0.39 is 0 Å². The molecule has 1 aromatic rings. The van der Waals surface area contributed by atoms with Gasteiger partial charge in [0.25, 0.3) is 0 Å². The lowest BCUT2D eigenvalue weighted by Gasteiger charge is -1.98. The highest BCUT2D eigenvalue weighted by Gasteiger charge is 1.88. The van der Waals surface area contributed by atoms with Crippen LogP contribution in [0.1, 0.15) is 5.56 Å². The first-order valence-corrected chi connectivity index (χ1v) is 4.44. The SMILES string of the molecule is COc1ccc(/C=C/C=N/N=C\N)cc1. The Morgan fingerprint density at radius 2 is 1.93 bits per heavy atom. The van der Waals surface area contributed by atoms with E-state index in [4.69, 9.17) is 10.5 Å². The smallest absolute Gasteiger partial charge is 0.118 e. The van der Waals surface area contributed by atoms with Crippen molar-refractivity contribution in [3.63, 3.8) is 0 Å². The van der Waals surface area contributed by atoms with Gasteiger partial charge in [0.1, 0.15) is 12.1 Å². The van der Waals surface area contributed by atoms with Gasteiger partial charge < -0.3 is 10.5 Å². The maximum absolute atomic E-state index is 5.04. The minimum atomic E-state index is 0.841. The first-order valence-electron chi connectivity index (χ1n) is 4.44. The van der Waals surface area contributed by atoms with Gasteiger partial charge in [-0.2, -0.15) is 5.10 Å². The van der Waals surface area contributed by atoms with Crippen molar-refractivity contribution in [2.75, 3.05) is 7.11 Å². The highest BCUT2D eigenvalue weighted by Crippen LogP contribution is 2.11. The monoisotopic (exact) mass is 203 g/mol. The molecule has 4 heteroatoms. The summed E-state index contributed by atoms with van der Waals surface area (Å²) in [4.78, 5) is 0. The lowest BCUT2D eigenvalue weighted by Crippen LogP contribution is -1.85. The summed E-state index contributed by atoms with van der Waals surface area (Å²) in [6.07, 6.45) is 6.40. The molecular weight excluding hydrogens is 190 g/mol. The summed E-state index contributed by atoms with van der Waals surface area (Å²) < 4.78 is 5.04. The second-order valence-corrected chi connectivity index (χ2v) is 2.66. The van der Waals surface area contributed by atoms with Crippen LogP contribution in [0.3, 0.4) is 0 Å². The zero-order chi connectivity index (χ0) is 10.9.